The zero-order valence-electron chi connectivity index (χ0n) is 10.8. The normalized spacial score (nSPS) is 11.2. The van der Waals surface area contributed by atoms with Crippen molar-refractivity contribution >= 4 is 11.6 Å². The van der Waals surface area contributed by atoms with Gasteiger partial charge in [0.2, 0.25) is 5.91 Å². The van der Waals surface area contributed by atoms with Crippen LogP contribution >= 0.6 is 0 Å². The van der Waals surface area contributed by atoms with Crippen molar-refractivity contribution in [3.63, 3.8) is 0 Å². The minimum atomic E-state index is -2.72. The van der Waals surface area contributed by atoms with E-state index in [4.69, 9.17) is 5.11 Å². The minimum Gasteiger partial charge on any atom is -0.395 e. The fourth-order valence-electron chi connectivity index (χ4n) is 1.59. The molecule has 0 radical (unpaired) electrons. The molecule has 0 saturated carbocycles. The van der Waals surface area contributed by atoms with Gasteiger partial charge in [-0.3, -0.25) is 9.69 Å². The molecule has 2 N–H and O–H groups in total. The third-order valence-electron chi connectivity index (χ3n) is 2.49. The first kappa shape index (κ1) is 17.3. The van der Waals surface area contributed by atoms with Crippen LogP contribution in [0, 0.1) is 17.5 Å². The maximum absolute atomic E-state index is 13.3. The van der Waals surface area contributed by atoms with E-state index in [1.54, 1.807) is 0 Å². The molecule has 1 aromatic carbocycles. The van der Waals surface area contributed by atoms with Gasteiger partial charge in [0.25, 0.3) is 6.43 Å². The first-order valence-electron chi connectivity index (χ1n) is 5.89. The SMILES string of the molecule is O=C(CN(CCO)CC(F)F)Nc1ccc(F)c(F)c1F. The van der Waals surface area contributed by atoms with Gasteiger partial charge in [-0.15, -0.1) is 0 Å². The number of rotatable bonds is 7. The smallest absolute Gasteiger partial charge is 0.251 e. The van der Waals surface area contributed by atoms with Crippen LogP contribution in [-0.2, 0) is 4.79 Å². The highest BCUT2D eigenvalue weighted by atomic mass is 19.3. The third kappa shape index (κ3) is 5.27. The molecule has 0 atom stereocenters. The van der Waals surface area contributed by atoms with Crippen LogP contribution in [0.4, 0.5) is 27.6 Å². The number of anilines is 1. The molecule has 0 bridgehead atoms. The van der Waals surface area contributed by atoms with Gasteiger partial charge in [-0.05, 0) is 12.1 Å². The summed E-state index contributed by atoms with van der Waals surface area (Å²) >= 11 is 0. The number of amides is 1. The molecule has 0 aliphatic heterocycles. The van der Waals surface area contributed by atoms with Crippen LogP contribution in [0.1, 0.15) is 0 Å². The molecule has 9 heteroatoms. The summed E-state index contributed by atoms with van der Waals surface area (Å²) in [6.07, 6.45) is -2.72. The molecule has 0 heterocycles. The number of carbonyl (C=O) groups excluding carboxylic acids is 1. The maximum Gasteiger partial charge on any atom is 0.251 e. The Bertz CT molecular complexity index is 499. The average Bonchev–Trinajstić information content (AvgIpc) is 2.39. The van der Waals surface area contributed by atoms with Gasteiger partial charge >= 0.3 is 0 Å². The average molecular weight is 312 g/mol. The molecule has 0 unspecified atom stereocenters. The summed E-state index contributed by atoms with van der Waals surface area (Å²) in [7, 11) is 0. The van der Waals surface area contributed by atoms with Gasteiger partial charge in [0, 0.05) is 6.54 Å². The molecular formula is C12H13F5N2O2. The van der Waals surface area contributed by atoms with E-state index in [2.05, 4.69) is 0 Å². The second kappa shape index (κ2) is 7.89. The highest BCUT2D eigenvalue weighted by Crippen LogP contribution is 2.19. The van der Waals surface area contributed by atoms with E-state index in [1.165, 1.54) is 0 Å². The Morgan fingerprint density at radius 1 is 1.24 bits per heavy atom. The van der Waals surface area contributed by atoms with Crippen molar-refractivity contribution in [1.29, 1.82) is 0 Å². The number of hydrogen-bond acceptors (Lipinski definition) is 3. The predicted molar refractivity (Wildman–Crippen MR) is 64.5 cm³/mol. The first-order valence-corrected chi connectivity index (χ1v) is 5.89. The highest BCUT2D eigenvalue weighted by Gasteiger charge is 2.18. The second-order valence-electron chi connectivity index (χ2n) is 4.12. The van der Waals surface area contributed by atoms with Crippen LogP contribution in [0.15, 0.2) is 12.1 Å². The van der Waals surface area contributed by atoms with Crippen molar-refractivity contribution in [2.75, 3.05) is 31.6 Å². The molecular weight excluding hydrogens is 299 g/mol. The van der Waals surface area contributed by atoms with Crippen molar-refractivity contribution in [2.24, 2.45) is 0 Å². The van der Waals surface area contributed by atoms with E-state index in [-0.39, 0.29) is 6.54 Å². The molecule has 0 fully saturated rings. The maximum atomic E-state index is 13.3. The number of nitrogens with zero attached hydrogens (tertiary/aromatic N) is 1. The summed E-state index contributed by atoms with van der Waals surface area (Å²) in [6.45, 7) is -1.94. The van der Waals surface area contributed by atoms with Crippen LogP contribution in [0.2, 0.25) is 0 Å². The molecule has 0 saturated heterocycles. The summed E-state index contributed by atoms with van der Waals surface area (Å²) in [4.78, 5) is 12.5. The summed E-state index contributed by atoms with van der Waals surface area (Å²) in [5.41, 5.74) is -0.597. The fraction of sp³-hybridized carbons (Fsp3) is 0.417. The minimum absolute atomic E-state index is 0.183. The molecule has 1 amide bonds. The Morgan fingerprint density at radius 2 is 1.90 bits per heavy atom. The molecule has 0 aromatic heterocycles. The fourth-order valence-corrected chi connectivity index (χ4v) is 1.59. The first-order chi connectivity index (χ1) is 9.85. The zero-order valence-corrected chi connectivity index (χ0v) is 10.8. The lowest BCUT2D eigenvalue weighted by molar-refractivity contribution is -0.117. The molecule has 0 spiro atoms. The molecule has 118 valence electrons. The van der Waals surface area contributed by atoms with Crippen molar-refractivity contribution < 1.29 is 31.9 Å². The monoisotopic (exact) mass is 312 g/mol. The number of benzene rings is 1. The largest absolute Gasteiger partial charge is 0.395 e. The standard InChI is InChI=1S/C12H13F5N2O2/c13-7-1-2-8(12(17)11(7)16)18-10(21)6-19(3-4-20)5-9(14)15/h1-2,9,20H,3-6H2,(H,18,21). The number of halogens is 5. The van der Waals surface area contributed by atoms with Gasteiger partial charge in [-0.25, -0.2) is 22.0 Å². The Labute approximate surface area is 117 Å². The number of hydrogen-bond donors (Lipinski definition) is 2. The van der Waals surface area contributed by atoms with E-state index in [9.17, 15) is 26.7 Å². The van der Waals surface area contributed by atoms with Crippen LogP contribution in [0.25, 0.3) is 0 Å². The molecule has 0 aliphatic carbocycles. The number of aliphatic hydroxyl groups is 1. The number of nitrogens with one attached hydrogen (secondary N) is 1. The molecule has 0 aliphatic rings. The predicted octanol–water partition coefficient (Wildman–Crippen LogP) is 1.60. The van der Waals surface area contributed by atoms with E-state index in [1.807, 2.05) is 5.32 Å². The quantitative estimate of drug-likeness (QED) is 0.594. The van der Waals surface area contributed by atoms with E-state index < -0.39 is 55.2 Å². The van der Waals surface area contributed by atoms with Crippen LogP contribution in [0.3, 0.4) is 0 Å². The number of aliphatic hydroxyl groups excluding tert-OH is 1. The van der Waals surface area contributed by atoms with Crippen molar-refractivity contribution in [1.82, 2.24) is 4.90 Å². The Morgan fingerprint density at radius 3 is 2.48 bits per heavy atom. The molecule has 4 nitrogen and oxygen atoms in total. The zero-order chi connectivity index (χ0) is 16.0. The lowest BCUT2D eigenvalue weighted by atomic mass is 10.2. The van der Waals surface area contributed by atoms with Gasteiger partial charge in [0.15, 0.2) is 17.5 Å². The molecule has 21 heavy (non-hydrogen) atoms. The number of carbonyl (C=O) groups is 1. The van der Waals surface area contributed by atoms with Crippen molar-refractivity contribution in [3.8, 4) is 0 Å². The van der Waals surface area contributed by atoms with Gasteiger partial charge < -0.3 is 10.4 Å². The van der Waals surface area contributed by atoms with Gasteiger partial charge in [0.05, 0.1) is 25.4 Å². The van der Waals surface area contributed by atoms with Crippen molar-refractivity contribution in [2.45, 2.75) is 6.43 Å². The third-order valence-corrected chi connectivity index (χ3v) is 2.49. The second-order valence-corrected chi connectivity index (χ2v) is 4.12. The van der Waals surface area contributed by atoms with Crippen LogP contribution in [-0.4, -0.2) is 48.6 Å². The number of alkyl halides is 2. The van der Waals surface area contributed by atoms with Gasteiger partial charge in [-0.2, -0.15) is 0 Å². The molecule has 1 rings (SSSR count). The Balaban J connectivity index is 2.70. The highest BCUT2D eigenvalue weighted by molar-refractivity contribution is 5.92. The summed E-state index contributed by atoms with van der Waals surface area (Å²) in [5, 5.41) is 10.6. The van der Waals surface area contributed by atoms with Crippen LogP contribution in [0.5, 0.6) is 0 Å². The summed E-state index contributed by atoms with van der Waals surface area (Å²) in [5.74, 6) is -5.63. The van der Waals surface area contributed by atoms with E-state index in [0.29, 0.717) is 6.07 Å². The Kier molecular flexibility index (Phi) is 6.50. The van der Waals surface area contributed by atoms with E-state index >= 15 is 0 Å². The lowest BCUT2D eigenvalue weighted by Crippen LogP contribution is -2.38. The summed E-state index contributed by atoms with van der Waals surface area (Å²) < 4.78 is 63.5. The van der Waals surface area contributed by atoms with Gasteiger partial charge in [-0.1, -0.05) is 0 Å². The van der Waals surface area contributed by atoms with E-state index in [0.717, 1.165) is 11.0 Å². The molecule has 1 aromatic rings. The van der Waals surface area contributed by atoms with Crippen LogP contribution < -0.4 is 5.32 Å². The topological polar surface area (TPSA) is 52.6 Å². The van der Waals surface area contributed by atoms with Gasteiger partial charge in [0.1, 0.15) is 0 Å². The summed E-state index contributed by atoms with van der Waals surface area (Å²) in [6, 6.07) is 1.44. The Hall–Kier alpha value is -1.74. The lowest BCUT2D eigenvalue weighted by Gasteiger charge is -2.20. The van der Waals surface area contributed by atoms with Crippen molar-refractivity contribution in [3.05, 3.63) is 29.6 Å².